The minimum absolute atomic E-state index is 0.995. The molecule has 0 saturated heterocycles. The van der Waals surface area contributed by atoms with Crippen LogP contribution in [0, 0.1) is 20.8 Å². The van der Waals surface area contributed by atoms with Gasteiger partial charge < -0.3 is 5.32 Å². The summed E-state index contributed by atoms with van der Waals surface area (Å²) in [5.74, 6) is 0. The number of nitrogens with zero attached hydrogens (tertiary/aromatic N) is 1. The highest BCUT2D eigenvalue weighted by molar-refractivity contribution is 5.41. The first kappa shape index (κ1) is 16.1. The SMILES string of the molecule is CC.CCC.Cc1nc(C)c2c(c1C)CNC2. The third-order valence-corrected chi connectivity index (χ3v) is 2.74. The van der Waals surface area contributed by atoms with Gasteiger partial charge in [-0.25, -0.2) is 0 Å². The molecule has 0 aliphatic carbocycles. The Hall–Kier alpha value is -0.890. The standard InChI is InChI=1S/C10H14N2.C3H8.C2H6/c1-6-7(2)12-8(3)10-5-11-4-9(6)10;1-3-2;1-2/h11H,4-5H2,1-3H3;3H2,1-2H3;1-2H3. The largest absolute Gasteiger partial charge is 0.309 e. The van der Waals surface area contributed by atoms with E-state index in [9.17, 15) is 0 Å². The first-order valence-corrected chi connectivity index (χ1v) is 6.78. The molecule has 1 aromatic heterocycles. The summed E-state index contributed by atoms with van der Waals surface area (Å²) in [6, 6.07) is 0. The molecule has 1 aliphatic rings. The van der Waals surface area contributed by atoms with Gasteiger partial charge >= 0.3 is 0 Å². The van der Waals surface area contributed by atoms with Crippen LogP contribution in [0.15, 0.2) is 0 Å². The van der Waals surface area contributed by atoms with Crippen molar-refractivity contribution >= 4 is 0 Å². The molecule has 1 N–H and O–H groups in total. The van der Waals surface area contributed by atoms with Gasteiger partial charge in [-0.3, -0.25) is 4.98 Å². The minimum Gasteiger partial charge on any atom is -0.309 e. The highest BCUT2D eigenvalue weighted by atomic mass is 14.9. The fraction of sp³-hybridized carbons (Fsp3) is 0.667. The van der Waals surface area contributed by atoms with Gasteiger partial charge in [0, 0.05) is 24.5 Å². The summed E-state index contributed by atoms with van der Waals surface area (Å²) in [4.78, 5) is 4.50. The molecule has 17 heavy (non-hydrogen) atoms. The molecule has 98 valence electrons. The highest BCUT2D eigenvalue weighted by Gasteiger charge is 2.16. The van der Waals surface area contributed by atoms with Crippen LogP contribution in [0.5, 0.6) is 0 Å². The molecule has 2 nitrogen and oxygen atoms in total. The van der Waals surface area contributed by atoms with E-state index in [1.54, 1.807) is 0 Å². The Kier molecular flexibility index (Phi) is 7.81. The number of fused-ring (bicyclic) bond motifs is 1. The molecule has 2 rings (SSSR count). The first-order chi connectivity index (χ1) is 8.11. The van der Waals surface area contributed by atoms with Crippen molar-refractivity contribution in [2.75, 3.05) is 0 Å². The first-order valence-electron chi connectivity index (χ1n) is 6.78. The summed E-state index contributed by atoms with van der Waals surface area (Å²) in [5.41, 5.74) is 6.62. The zero-order chi connectivity index (χ0) is 13.4. The Balaban J connectivity index is 0.000000450. The van der Waals surface area contributed by atoms with Gasteiger partial charge in [-0.05, 0) is 37.5 Å². The molecule has 1 aromatic rings. The summed E-state index contributed by atoms with van der Waals surface area (Å²) in [7, 11) is 0. The average Bonchev–Trinajstić information content (AvgIpc) is 2.79. The van der Waals surface area contributed by atoms with Gasteiger partial charge in [-0.2, -0.15) is 0 Å². The van der Waals surface area contributed by atoms with Crippen molar-refractivity contribution in [3.8, 4) is 0 Å². The average molecular weight is 236 g/mol. The van der Waals surface area contributed by atoms with Crippen LogP contribution in [0.1, 0.15) is 62.2 Å². The van der Waals surface area contributed by atoms with Gasteiger partial charge in [0.05, 0.1) is 0 Å². The van der Waals surface area contributed by atoms with Crippen LogP contribution in [-0.4, -0.2) is 4.98 Å². The lowest BCUT2D eigenvalue weighted by Gasteiger charge is -2.08. The highest BCUT2D eigenvalue weighted by Crippen LogP contribution is 2.23. The van der Waals surface area contributed by atoms with Gasteiger partial charge in [0.2, 0.25) is 0 Å². The molecule has 0 amide bonds. The number of rotatable bonds is 0. The Morgan fingerprint density at radius 3 is 1.94 bits per heavy atom. The summed E-state index contributed by atoms with van der Waals surface area (Å²) >= 11 is 0. The zero-order valence-electron chi connectivity index (χ0n) is 12.6. The molecule has 0 unspecified atom stereocenters. The Morgan fingerprint density at radius 2 is 1.41 bits per heavy atom. The Labute approximate surface area is 107 Å². The monoisotopic (exact) mass is 236 g/mol. The van der Waals surface area contributed by atoms with Crippen LogP contribution in [0.2, 0.25) is 0 Å². The quantitative estimate of drug-likeness (QED) is 0.735. The maximum Gasteiger partial charge on any atom is 0.0424 e. The predicted octanol–water partition coefficient (Wildman–Crippen LogP) is 4.05. The number of hydrogen-bond acceptors (Lipinski definition) is 2. The second kappa shape index (κ2) is 8.24. The number of hydrogen-bond donors (Lipinski definition) is 1. The van der Waals surface area contributed by atoms with Crippen LogP contribution in [-0.2, 0) is 13.1 Å². The van der Waals surface area contributed by atoms with E-state index in [1.807, 2.05) is 13.8 Å². The molecule has 0 aromatic carbocycles. The molecule has 2 heterocycles. The van der Waals surface area contributed by atoms with Crippen molar-refractivity contribution in [2.24, 2.45) is 0 Å². The summed E-state index contributed by atoms with van der Waals surface area (Å²) in [6.07, 6.45) is 1.25. The minimum atomic E-state index is 0.995. The van der Waals surface area contributed by atoms with Crippen LogP contribution in [0.4, 0.5) is 0 Å². The maximum absolute atomic E-state index is 4.50. The molecule has 0 atom stereocenters. The van der Waals surface area contributed by atoms with Crippen LogP contribution >= 0.6 is 0 Å². The third-order valence-electron chi connectivity index (χ3n) is 2.74. The number of aromatic nitrogens is 1. The normalized spacial score (nSPS) is 11.9. The molecule has 0 bridgehead atoms. The lowest BCUT2D eigenvalue weighted by atomic mass is 10.0. The predicted molar refractivity (Wildman–Crippen MR) is 76.3 cm³/mol. The third kappa shape index (κ3) is 4.12. The Bertz CT molecular complexity index is 343. The second-order valence-corrected chi connectivity index (χ2v) is 4.18. The van der Waals surface area contributed by atoms with Gasteiger partial charge in [0.25, 0.3) is 0 Å². The van der Waals surface area contributed by atoms with Crippen molar-refractivity contribution in [3.63, 3.8) is 0 Å². The smallest absolute Gasteiger partial charge is 0.0424 e. The number of pyridine rings is 1. The van der Waals surface area contributed by atoms with Gasteiger partial charge in [0.15, 0.2) is 0 Å². The van der Waals surface area contributed by atoms with Crippen molar-refractivity contribution in [1.29, 1.82) is 0 Å². The Morgan fingerprint density at radius 1 is 0.941 bits per heavy atom. The van der Waals surface area contributed by atoms with Crippen LogP contribution in [0.25, 0.3) is 0 Å². The summed E-state index contributed by atoms with van der Waals surface area (Å²) < 4.78 is 0. The van der Waals surface area contributed by atoms with E-state index in [0.29, 0.717) is 0 Å². The number of aryl methyl sites for hydroxylation is 2. The van der Waals surface area contributed by atoms with E-state index < -0.39 is 0 Å². The summed E-state index contributed by atoms with van der Waals surface area (Å²) in [5, 5.41) is 3.36. The molecule has 1 aliphatic heterocycles. The fourth-order valence-corrected chi connectivity index (χ4v) is 1.85. The fourth-order valence-electron chi connectivity index (χ4n) is 1.85. The van der Waals surface area contributed by atoms with Gasteiger partial charge in [0.1, 0.15) is 0 Å². The van der Waals surface area contributed by atoms with Gasteiger partial charge in [-0.15, -0.1) is 0 Å². The molecule has 2 heteroatoms. The second-order valence-electron chi connectivity index (χ2n) is 4.18. The molecule has 0 fully saturated rings. The lowest BCUT2D eigenvalue weighted by molar-refractivity contribution is 0.761. The molecule has 0 spiro atoms. The topological polar surface area (TPSA) is 24.9 Å². The van der Waals surface area contributed by atoms with E-state index >= 15 is 0 Å². The molecular formula is C15H28N2. The zero-order valence-corrected chi connectivity index (χ0v) is 12.6. The summed E-state index contributed by atoms with van der Waals surface area (Å²) in [6.45, 7) is 16.6. The van der Waals surface area contributed by atoms with Crippen LogP contribution < -0.4 is 5.32 Å². The number of nitrogens with one attached hydrogen (secondary N) is 1. The molecule has 0 radical (unpaired) electrons. The van der Waals surface area contributed by atoms with E-state index in [1.165, 1.54) is 34.5 Å². The van der Waals surface area contributed by atoms with Crippen molar-refractivity contribution in [3.05, 3.63) is 28.1 Å². The van der Waals surface area contributed by atoms with Gasteiger partial charge in [-0.1, -0.05) is 34.1 Å². The van der Waals surface area contributed by atoms with E-state index in [-0.39, 0.29) is 0 Å². The van der Waals surface area contributed by atoms with Crippen molar-refractivity contribution in [1.82, 2.24) is 10.3 Å². The van der Waals surface area contributed by atoms with Crippen molar-refractivity contribution < 1.29 is 0 Å². The van der Waals surface area contributed by atoms with Crippen LogP contribution in [0.3, 0.4) is 0 Å². The van der Waals surface area contributed by atoms with E-state index in [0.717, 1.165) is 13.1 Å². The molecular weight excluding hydrogens is 208 g/mol. The lowest BCUT2D eigenvalue weighted by Crippen LogP contribution is -2.00. The maximum atomic E-state index is 4.50. The van der Waals surface area contributed by atoms with E-state index in [2.05, 4.69) is 44.9 Å². The molecule has 0 saturated carbocycles. The van der Waals surface area contributed by atoms with E-state index in [4.69, 9.17) is 0 Å². The van der Waals surface area contributed by atoms with Crippen molar-refractivity contribution in [2.45, 2.75) is 68.0 Å².